The summed E-state index contributed by atoms with van der Waals surface area (Å²) in [6.45, 7) is 0.286. The number of halogens is 1. The summed E-state index contributed by atoms with van der Waals surface area (Å²) in [6, 6.07) is 20.3. The van der Waals surface area contributed by atoms with E-state index in [9.17, 15) is 17.6 Å². The Kier molecular flexibility index (Phi) is 7.02. The normalized spacial score (nSPS) is 20.1. The van der Waals surface area contributed by atoms with Gasteiger partial charge in [0.05, 0.1) is 11.4 Å². The fraction of sp³-hybridized carbons (Fsp3) is 0.290. The van der Waals surface area contributed by atoms with Gasteiger partial charge in [-0.15, -0.1) is 0 Å². The van der Waals surface area contributed by atoms with Gasteiger partial charge in [-0.2, -0.15) is 0 Å². The third kappa shape index (κ3) is 5.31. The third-order valence-corrected chi connectivity index (χ3v) is 9.49. The maximum Gasteiger partial charge on any atom is 0.241 e. The zero-order valence-corrected chi connectivity index (χ0v) is 23.0. The van der Waals surface area contributed by atoms with E-state index in [1.807, 2.05) is 36.0 Å². The molecule has 7 nitrogen and oxygen atoms in total. The van der Waals surface area contributed by atoms with Crippen LogP contribution in [0, 0.1) is 11.7 Å². The number of hydrogen-bond acceptors (Lipinski definition) is 4. The topological polar surface area (TPSA) is 84.3 Å². The Balaban J connectivity index is 1.31. The van der Waals surface area contributed by atoms with Crippen LogP contribution in [0.15, 0.2) is 90.1 Å². The van der Waals surface area contributed by atoms with Crippen molar-refractivity contribution in [1.29, 1.82) is 0 Å². The van der Waals surface area contributed by atoms with E-state index in [2.05, 4.69) is 9.71 Å². The summed E-state index contributed by atoms with van der Waals surface area (Å²) >= 11 is 0. The van der Waals surface area contributed by atoms with Crippen LogP contribution in [0.4, 0.5) is 10.1 Å². The monoisotopic (exact) mass is 558 g/mol. The van der Waals surface area contributed by atoms with Crippen molar-refractivity contribution in [3.8, 4) is 0 Å². The van der Waals surface area contributed by atoms with Gasteiger partial charge in [-0.3, -0.25) is 4.79 Å². The van der Waals surface area contributed by atoms with Crippen molar-refractivity contribution in [2.24, 2.45) is 13.0 Å². The molecule has 1 fully saturated rings. The maximum atomic E-state index is 14.0. The Morgan fingerprint density at radius 1 is 1.10 bits per heavy atom. The second kappa shape index (κ2) is 10.6. The average molecular weight is 559 g/mol. The number of fused-ring (bicyclic) bond motifs is 1. The van der Waals surface area contributed by atoms with Gasteiger partial charge >= 0.3 is 0 Å². The van der Waals surface area contributed by atoms with Gasteiger partial charge in [0.1, 0.15) is 11.6 Å². The molecule has 3 aromatic carbocycles. The standard InChI is InChI=1S/C31H31FN4O3S/c1-35-17-16-33-30(35)20-36(31(37)28-19-26(28)22-10-13-23(32)14-11-22)24-15-12-21-6-5-9-29(27(21)18-24)34-40(38,39)25-7-3-2-4-8-25/h2-4,7-8,10-18,26,28-29,34H,5-6,9,19-20H2,1H3/t26-,28+,29+/m0/s1. The highest BCUT2D eigenvalue weighted by molar-refractivity contribution is 7.89. The molecule has 6 rings (SSSR count). The minimum absolute atomic E-state index is 0.0190. The van der Waals surface area contributed by atoms with Crippen LogP contribution in [0.5, 0.6) is 0 Å². The molecule has 0 saturated heterocycles. The predicted molar refractivity (Wildman–Crippen MR) is 151 cm³/mol. The Hall–Kier alpha value is -3.82. The minimum Gasteiger partial charge on any atom is -0.337 e. The molecule has 3 atom stereocenters. The summed E-state index contributed by atoms with van der Waals surface area (Å²) < 4.78 is 44.6. The zero-order chi connectivity index (χ0) is 27.9. The van der Waals surface area contributed by atoms with E-state index in [1.165, 1.54) is 12.1 Å². The lowest BCUT2D eigenvalue weighted by molar-refractivity contribution is -0.120. The number of nitrogens with one attached hydrogen (secondary N) is 1. The molecule has 206 valence electrons. The number of benzene rings is 3. The van der Waals surface area contributed by atoms with E-state index in [1.54, 1.807) is 53.6 Å². The van der Waals surface area contributed by atoms with Crippen molar-refractivity contribution in [3.05, 3.63) is 114 Å². The number of rotatable bonds is 8. The summed E-state index contributed by atoms with van der Waals surface area (Å²) in [5.74, 6) is 0.255. The van der Waals surface area contributed by atoms with Crippen LogP contribution in [0.25, 0.3) is 0 Å². The number of aryl methyl sites for hydroxylation is 2. The zero-order valence-electron chi connectivity index (χ0n) is 22.2. The highest BCUT2D eigenvalue weighted by Gasteiger charge is 2.46. The molecule has 1 aromatic heterocycles. The molecule has 2 aliphatic rings. The largest absolute Gasteiger partial charge is 0.337 e. The Morgan fingerprint density at radius 2 is 1.88 bits per heavy atom. The van der Waals surface area contributed by atoms with Gasteiger partial charge < -0.3 is 9.47 Å². The highest BCUT2D eigenvalue weighted by atomic mass is 32.2. The molecule has 1 amide bonds. The quantitative estimate of drug-likeness (QED) is 0.320. The molecular weight excluding hydrogens is 527 g/mol. The van der Waals surface area contributed by atoms with Gasteiger partial charge in [0.15, 0.2) is 0 Å². The number of carbonyl (C=O) groups is 1. The molecular formula is C31H31FN4O3S. The van der Waals surface area contributed by atoms with Gasteiger partial charge in [0.2, 0.25) is 15.9 Å². The van der Waals surface area contributed by atoms with Crippen LogP contribution in [0.1, 0.15) is 53.7 Å². The van der Waals surface area contributed by atoms with Crippen molar-refractivity contribution in [2.45, 2.75) is 49.1 Å². The lowest BCUT2D eigenvalue weighted by Gasteiger charge is -2.29. The van der Waals surface area contributed by atoms with Crippen molar-refractivity contribution in [1.82, 2.24) is 14.3 Å². The summed E-state index contributed by atoms with van der Waals surface area (Å²) in [5.41, 5.74) is 3.64. The van der Waals surface area contributed by atoms with Crippen molar-refractivity contribution >= 4 is 21.6 Å². The summed E-state index contributed by atoms with van der Waals surface area (Å²) in [6.07, 6.45) is 6.64. The van der Waals surface area contributed by atoms with E-state index >= 15 is 0 Å². The maximum absolute atomic E-state index is 14.0. The second-order valence-corrected chi connectivity index (χ2v) is 12.4. The molecule has 0 aliphatic heterocycles. The van der Waals surface area contributed by atoms with Crippen molar-refractivity contribution in [3.63, 3.8) is 0 Å². The molecule has 2 aliphatic carbocycles. The molecule has 40 heavy (non-hydrogen) atoms. The number of carbonyl (C=O) groups excluding carboxylic acids is 1. The van der Waals surface area contributed by atoms with Crippen LogP contribution in [0.2, 0.25) is 0 Å². The second-order valence-electron chi connectivity index (χ2n) is 10.6. The van der Waals surface area contributed by atoms with Crippen molar-refractivity contribution in [2.75, 3.05) is 4.90 Å². The van der Waals surface area contributed by atoms with E-state index in [4.69, 9.17) is 0 Å². The third-order valence-electron chi connectivity index (χ3n) is 8.00. The van der Waals surface area contributed by atoms with Gasteiger partial charge in [-0.25, -0.2) is 22.5 Å². The fourth-order valence-corrected chi connectivity index (χ4v) is 6.94. The number of aromatic nitrogens is 2. The molecule has 0 spiro atoms. The van der Waals surface area contributed by atoms with Crippen molar-refractivity contribution < 1.29 is 17.6 Å². The van der Waals surface area contributed by atoms with Crippen LogP contribution in [-0.4, -0.2) is 23.9 Å². The molecule has 1 saturated carbocycles. The average Bonchev–Trinajstić information content (AvgIpc) is 3.66. The molecule has 1 N–H and O–H groups in total. The Labute approximate surface area is 233 Å². The van der Waals surface area contributed by atoms with E-state index in [-0.39, 0.29) is 35.0 Å². The summed E-state index contributed by atoms with van der Waals surface area (Å²) in [7, 11) is -1.82. The van der Waals surface area contributed by atoms with Crippen LogP contribution in [-0.2, 0) is 34.8 Å². The van der Waals surface area contributed by atoms with Gasteiger partial charge in [0.25, 0.3) is 0 Å². The first-order chi connectivity index (χ1) is 19.3. The molecule has 0 unspecified atom stereocenters. The SMILES string of the molecule is Cn1ccnc1CN(C(=O)[C@@H]1C[C@H]1c1ccc(F)cc1)c1ccc2c(c1)[C@H](NS(=O)(=O)c1ccccc1)CCC2. The van der Waals surface area contributed by atoms with Gasteiger partial charge in [-0.05, 0) is 84.7 Å². The number of anilines is 1. The number of nitrogens with zero attached hydrogens (tertiary/aromatic N) is 3. The van der Waals surface area contributed by atoms with Gasteiger partial charge in [0, 0.05) is 37.1 Å². The number of imidazole rings is 1. The van der Waals surface area contributed by atoms with E-state index < -0.39 is 16.1 Å². The van der Waals surface area contributed by atoms with Crippen LogP contribution in [0.3, 0.4) is 0 Å². The lowest BCUT2D eigenvalue weighted by atomic mass is 9.87. The fourth-order valence-electron chi connectivity index (χ4n) is 5.66. The smallest absolute Gasteiger partial charge is 0.241 e. The Bertz CT molecular complexity index is 1640. The first-order valence-electron chi connectivity index (χ1n) is 13.5. The molecule has 9 heteroatoms. The summed E-state index contributed by atoms with van der Waals surface area (Å²) in [5, 5.41) is 0. The first-order valence-corrected chi connectivity index (χ1v) is 15.0. The predicted octanol–water partition coefficient (Wildman–Crippen LogP) is 5.25. The molecule has 1 heterocycles. The van der Waals surface area contributed by atoms with E-state index in [0.29, 0.717) is 18.5 Å². The van der Waals surface area contributed by atoms with E-state index in [0.717, 1.165) is 35.4 Å². The molecule has 4 aromatic rings. The molecule has 0 radical (unpaired) electrons. The lowest BCUT2D eigenvalue weighted by Crippen LogP contribution is -2.34. The first kappa shape index (κ1) is 26.4. The number of amides is 1. The summed E-state index contributed by atoms with van der Waals surface area (Å²) in [4.78, 5) is 20.4. The molecule has 0 bridgehead atoms. The number of sulfonamides is 1. The minimum atomic E-state index is -3.71. The van der Waals surface area contributed by atoms with Crippen LogP contribution < -0.4 is 9.62 Å². The van der Waals surface area contributed by atoms with Crippen LogP contribution >= 0.6 is 0 Å². The Morgan fingerprint density at radius 3 is 2.60 bits per heavy atom. The number of hydrogen-bond donors (Lipinski definition) is 1. The van der Waals surface area contributed by atoms with Gasteiger partial charge in [-0.1, -0.05) is 36.4 Å². The highest BCUT2D eigenvalue weighted by Crippen LogP contribution is 2.49.